The highest BCUT2D eigenvalue weighted by Crippen LogP contribution is 2.34. The Kier molecular flexibility index (Phi) is 14.8. The van der Waals surface area contributed by atoms with Crippen LogP contribution in [-0.2, 0) is 29.9 Å². The molecule has 2 aromatic heterocycles. The summed E-state index contributed by atoms with van der Waals surface area (Å²) < 4.78 is 72.6. The van der Waals surface area contributed by atoms with Gasteiger partial charge in [0.2, 0.25) is 5.88 Å². The van der Waals surface area contributed by atoms with Gasteiger partial charge in [-0.25, -0.2) is 4.98 Å². The van der Waals surface area contributed by atoms with Crippen LogP contribution in [0.2, 0.25) is 0 Å². The smallest absolute Gasteiger partial charge is 0.416 e. The van der Waals surface area contributed by atoms with E-state index in [-0.39, 0.29) is 18.8 Å². The zero-order chi connectivity index (χ0) is 34.2. The lowest BCUT2D eigenvalue weighted by Gasteiger charge is -2.30. The minimum atomic E-state index is -4.56. The summed E-state index contributed by atoms with van der Waals surface area (Å²) in [5.74, 6) is -0.256. The number of aryl methyl sites for hydroxylation is 1. The van der Waals surface area contributed by atoms with E-state index in [1.165, 1.54) is 18.3 Å². The number of hydrogen-bond donors (Lipinski definition) is 2. The van der Waals surface area contributed by atoms with Gasteiger partial charge in [-0.3, -0.25) is 9.78 Å². The van der Waals surface area contributed by atoms with Crippen molar-refractivity contribution in [3.8, 4) is 17.0 Å². The molecule has 0 aliphatic carbocycles. The quantitative estimate of drug-likeness (QED) is 0.178. The Hall–Kier alpha value is -3.86. The molecular formula is C33H41F3N4O8. The fourth-order valence-corrected chi connectivity index (χ4v) is 4.69. The van der Waals surface area contributed by atoms with E-state index in [0.717, 1.165) is 23.4 Å². The zero-order valence-corrected chi connectivity index (χ0v) is 26.8. The number of rotatable bonds is 19. The number of aromatic nitrogens is 2. The van der Waals surface area contributed by atoms with E-state index in [1.807, 2.05) is 13.0 Å². The summed E-state index contributed by atoms with van der Waals surface area (Å²) in [5.41, 5.74) is 2.14. The average molecular weight is 679 g/mol. The van der Waals surface area contributed by atoms with E-state index in [9.17, 15) is 18.0 Å². The number of nitrogens with zero attached hydrogens (tertiary/aromatic N) is 3. The Morgan fingerprint density at radius 1 is 0.896 bits per heavy atom. The molecule has 0 bridgehead atoms. The molecule has 12 nitrogen and oxygen atoms in total. The topological polar surface area (TPSA) is 134 Å². The molecule has 0 radical (unpaired) electrons. The number of alkyl halides is 3. The van der Waals surface area contributed by atoms with E-state index in [2.05, 4.69) is 20.2 Å². The van der Waals surface area contributed by atoms with E-state index in [1.54, 1.807) is 12.3 Å². The van der Waals surface area contributed by atoms with Gasteiger partial charge in [-0.15, -0.1) is 0 Å². The molecule has 262 valence electrons. The highest BCUT2D eigenvalue weighted by Gasteiger charge is 2.31. The first-order valence-corrected chi connectivity index (χ1v) is 15.6. The lowest BCUT2D eigenvalue weighted by molar-refractivity contribution is -0.137. The fourth-order valence-electron chi connectivity index (χ4n) is 4.69. The lowest BCUT2D eigenvalue weighted by atomic mass is 10.0. The SMILES string of the molecule is Cc1ncc(NC(=O)c2cccc(C(F)(F)F)c2)cc1-c1cnc(OCCOCCOCCOCCOCCO)c(N2CCOCC2)c1. The molecule has 0 saturated carbocycles. The first-order chi connectivity index (χ1) is 23.3. The Morgan fingerprint density at radius 3 is 2.19 bits per heavy atom. The molecule has 1 aliphatic heterocycles. The molecule has 1 fully saturated rings. The summed E-state index contributed by atoms with van der Waals surface area (Å²) in [6, 6.07) is 7.89. The van der Waals surface area contributed by atoms with E-state index in [0.29, 0.717) is 102 Å². The van der Waals surface area contributed by atoms with Crippen molar-refractivity contribution < 1.29 is 51.5 Å². The molecule has 0 spiro atoms. The van der Waals surface area contributed by atoms with Crippen LogP contribution in [0.15, 0.2) is 48.8 Å². The van der Waals surface area contributed by atoms with Crippen LogP contribution in [-0.4, -0.2) is 113 Å². The first kappa shape index (κ1) is 37.0. The average Bonchev–Trinajstić information content (AvgIpc) is 3.09. The minimum Gasteiger partial charge on any atom is -0.474 e. The van der Waals surface area contributed by atoms with Crippen molar-refractivity contribution in [3.63, 3.8) is 0 Å². The number of anilines is 2. The summed E-state index contributed by atoms with van der Waals surface area (Å²) in [7, 11) is 0. The normalized spacial score (nSPS) is 13.5. The maximum absolute atomic E-state index is 13.2. The molecule has 1 aromatic carbocycles. The van der Waals surface area contributed by atoms with E-state index < -0.39 is 17.6 Å². The Balaban J connectivity index is 1.33. The number of carbonyl (C=O) groups excluding carboxylic acids is 1. The second kappa shape index (κ2) is 19.2. The first-order valence-electron chi connectivity index (χ1n) is 15.6. The lowest BCUT2D eigenvalue weighted by Crippen LogP contribution is -2.36. The van der Waals surface area contributed by atoms with Crippen molar-refractivity contribution >= 4 is 17.3 Å². The second-order valence-electron chi connectivity index (χ2n) is 10.6. The monoisotopic (exact) mass is 678 g/mol. The van der Waals surface area contributed by atoms with Crippen LogP contribution >= 0.6 is 0 Å². The van der Waals surface area contributed by atoms with Crippen LogP contribution in [0.5, 0.6) is 5.88 Å². The van der Waals surface area contributed by atoms with Gasteiger partial charge in [0.15, 0.2) is 0 Å². The van der Waals surface area contributed by atoms with E-state index >= 15 is 0 Å². The molecule has 1 saturated heterocycles. The molecule has 3 aromatic rings. The number of halogens is 3. The molecule has 1 amide bonds. The van der Waals surface area contributed by atoms with Crippen molar-refractivity contribution in [3.05, 3.63) is 65.6 Å². The fraction of sp³-hybridized carbons (Fsp3) is 0.485. The van der Waals surface area contributed by atoms with Crippen LogP contribution < -0.4 is 15.0 Å². The second-order valence-corrected chi connectivity index (χ2v) is 10.6. The van der Waals surface area contributed by atoms with Crippen LogP contribution in [0.3, 0.4) is 0 Å². The van der Waals surface area contributed by atoms with E-state index in [4.69, 9.17) is 33.5 Å². The van der Waals surface area contributed by atoms with Crippen molar-refractivity contribution in [2.45, 2.75) is 13.1 Å². The standard InChI is InChI=1S/C33H41F3N4O8/c1-24-29(21-28(23-37-24)39-31(42)25-3-2-4-27(19-25)33(34,35)36)26-20-30(40-5-8-43-9-6-40)32(38-22-26)48-18-17-47-16-15-46-14-13-45-12-11-44-10-7-41/h2-4,19-23,41H,5-18H2,1H3,(H,39,42). The highest BCUT2D eigenvalue weighted by molar-refractivity contribution is 6.04. The molecule has 0 atom stereocenters. The maximum Gasteiger partial charge on any atom is 0.416 e. The van der Waals surface area contributed by atoms with Crippen molar-refractivity contribution in [1.29, 1.82) is 0 Å². The van der Waals surface area contributed by atoms with Gasteiger partial charge in [-0.05, 0) is 37.3 Å². The summed E-state index contributed by atoms with van der Waals surface area (Å²) in [6.07, 6.45) is -1.46. The molecule has 0 unspecified atom stereocenters. The van der Waals surface area contributed by atoms with Crippen molar-refractivity contribution in [2.75, 3.05) is 103 Å². The number of benzene rings is 1. The Morgan fingerprint density at radius 2 is 1.54 bits per heavy atom. The third-order valence-corrected chi connectivity index (χ3v) is 7.11. The molecule has 15 heteroatoms. The van der Waals surface area contributed by atoms with Crippen LogP contribution in [0.4, 0.5) is 24.5 Å². The minimum absolute atomic E-state index is 0.0108. The molecule has 48 heavy (non-hydrogen) atoms. The summed E-state index contributed by atoms with van der Waals surface area (Å²) in [5, 5.41) is 11.3. The number of ether oxygens (including phenoxy) is 6. The molecule has 2 N–H and O–H groups in total. The summed E-state index contributed by atoms with van der Waals surface area (Å²) in [6.45, 7) is 7.58. The third-order valence-electron chi connectivity index (χ3n) is 7.11. The highest BCUT2D eigenvalue weighted by atomic mass is 19.4. The number of aliphatic hydroxyl groups excluding tert-OH is 1. The maximum atomic E-state index is 13.2. The van der Waals surface area contributed by atoms with Gasteiger partial charge >= 0.3 is 6.18 Å². The van der Waals surface area contributed by atoms with Gasteiger partial charge in [-0.2, -0.15) is 13.2 Å². The number of hydrogen-bond acceptors (Lipinski definition) is 11. The van der Waals surface area contributed by atoms with Gasteiger partial charge in [0.1, 0.15) is 12.3 Å². The number of pyridine rings is 2. The molecule has 1 aliphatic rings. The van der Waals surface area contributed by atoms with Gasteiger partial charge in [0.25, 0.3) is 5.91 Å². The predicted octanol–water partition coefficient (Wildman–Crippen LogP) is 4.00. The van der Waals surface area contributed by atoms with Crippen molar-refractivity contribution in [2.24, 2.45) is 0 Å². The summed E-state index contributed by atoms with van der Waals surface area (Å²) in [4.78, 5) is 23.9. The van der Waals surface area contributed by atoms with Crippen LogP contribution in [0.25, 0.3) is 11.1 Å². The number of nitrogens with one attached hydrogen (secondary N) is 1. The summed E-state index contributed by atoms with van der Waals surface area (Å²) >= 11 is 0. The zero-order valence-electron chi connectivity index (χ0n) is 26.8. The van der Waals surface area contributed by atoms with Crippen LogP contribution in [0, 0.1) is 6.92 Å². The van der Waals surface area contributed by atoms with Crippen LogP contribution in [0.1, 0.15) is 21.6 Å². The largest absolute Gasteiger partial charge is 0.474 e. The van der Waals surface area contributed by atoms with Gasteiger partial charge < -0.3 is 43.7 Å². The number of amides is 1. The van der Waals surface area contributed by atoms with Crippen molar-refractivity contribution in [1.82, 2.24) is 9.97 Å². The molecular weight excluding hydrogens is 637 g/mol. The van der Waals surface area contributed by atoms with Gasteiger partial charge in [0.05, 0.1) is 90.1 Å². The number of morpholine rings is 1. The Bertz CT molecular complexity index is 1440. The molecule has 3 heterocycles. The third kappa shape index (κ3) is 11.7. The Labute approximate surface area is 277 Å². The van der Waals surface area contributed by atoms with Gasteiger partial charge in [-0.1, -0.05) is 6.07 Å². The predicted molar refractivity (Wildman–Crippen MR) is 170 cm³/mol. The number of aliphatic hydroxyl groups is 1. The number of carbonyl (C=O) groups is 1. The van der Waals surface area contributed by atoms with Gasteiger partial charge in [0, 0.05) is 41.7 Å². The molecule has 4 rings (SSSR count).